The molecule has 0 saturated heterocycles. The number of rotatable bonds is 6. The van der Waals surface area contributed by atoms with Crippen molar-refractivity contribution in [2.45, 2.75) is 0 Å². The van der Waals surface area contributed by atoms with E-state index in [4.69, 9.17) is 15.0 Å². The van der Waals surface area contributed by atoms with E-state index < -0.39 is 0 Å². The molecule has 0 amide bonds. The van der Waals surface area contributed by atoms with E-state index >= 15 is 0 Å². The second-order valence-electron chi connectivity index (χ2n) is 15.3. The molecule has 12 aromatic rings. The van der Waals surface area contributed by atoms with Gasteiger partial charge >= 0.3 is 0 Å². The highest BCUT2D eigenvalue weighted by Crippen LogP contribution is 2.39. The quantitative estimate of drug-likeness (QED) is 0.169. The third-order valence-electron chi connectivity index (χ3n) is 11.7. The van der Waals surface area contributed by atoms with Gasteiger partial charge in [-0.15, -0.1) is 0 Å². The molecule has 0 spiro atoms. The van der Waals surface area contributed by atoms with Crippen LogP contribution < -0.4 is 0 Å². The van der Waals surface area contributed by atoms with Crippen LogP contribution in [0.25, 0.3) is 111 Å². The predicted molar refractivity (Wildman–Crippen MR) is 248 cm³/mol. The molecular formula is C55H35N5. The molecule has 60 heavy (non-hydrogen) atoms. The number of para-hydroxylation sites is 3. The summed E-state index contributed by atoms with van der Waals surface area (Å²) in [6.45, 7) is 0. The van der Waals surface area contributed by atoms with E-state index in [-0.39, 0.29) is 0 Å². The number of nitrogens with zero attached hydrogens (tertiary/aromatic N) is 5. The van der Waals surface area contributed by atoms with Gasteiger partial charge in [0, 0.05) is 49.6 Å². The van der Waals surface area contributed by atoms with Crippen molar-refractivity contribution in [1.82, 2.24) is 24.1 Å². The van der Waals surface area contributed by atoms with Gasteiger partial charge in [0.05, 0.1) is 22.1 Å². The average Bonchev–Trinajstić information content (AvgIpc) is 3.84. The lowest BCUT2D eigenvalue weighted by Crippen LogP contribution is -2.01. The molecule has 0 radical (unpaired) electrons. The van der Waals surface area contributed by atoms with Crippen molar-refractivity contribution < 1.29 is 0 Å². The lowest BCUT2D eigenvalue weighted by atomic mass is 10.0. The summed E-state index contributed by atoms with van der Waals surface area (Å²) in [7, 11) is 0. The molecule has 0 atom stereocenters. The van der Waals surface area contributed by atoms with Crippen LogP contribution in [0.2, 0.25) is 0 Å². The summed E-state index contributed by atoms with van der Waals surface area (Å²) in [4.78, 5) is 15.8. The van der Waals surface area contributed by atoms with Crippen molar-refractivity contribution in [2.75, 3.05) is 0 Å². The molecule has 0 N–H and O–H groups in total. The summed E-state index contributed by atoms with van der Waals surface area (Å²) in [5, 5.41) is 7.17. The van der Waals surface area contributed by atoms with E-state index in [1.165, 1.54) is 32.6 Å². The first-order chi connectivity index (χ1) is 29.7. The smallest absolute Gasteiger partial charge is 0.164 e. The maximum atomic E-state index is 5.31. The second-order valence-corrected chi connectivity index (χ2v) is 15.3. The van der Waals surface area contributed by atoms with Gasteiger partial charge in [-0.3, -0.25) is 0 Å². The van der Waals surface area contributed by atoms with Crippen LogP contribution in [0.3, 0.4) is 0 Å². The SMILES string of the molecule is c1ccc(-c2cccc(-c3nc(-c4ccc(-n5c6ccccc6c6cc7ccccc7cc65)cc4)nc(-c4cccc5c4c4ccccc4n5-c4ccccc4)n3)c2)cc1. The molecule has 0 bridgehead atoms. The molecule has 0 unspecified atom stereocenters. The number of hydrogen-bond donors (Lipinski definition) is 0. The van der Waals surface area contributed by atoms with Gasteiger partial charge < -0.3 is 9.13 Å². The fourth-order valence-electron chi connectivity index (χ4n) is 8.98. The fourth-order valence-corrected chi connectivity index (χ4v) is 8.98. The fraction of sp³-hybridized carbons (Fsp3) is 0. The summed E-state index contributed by atoms with van der Waals surface area (Å²) in [6, 6.07) is 75.0. The molecule has 12 rings (SSSR count). The van der Waals surface area contributed by atoms with Gasteiger partial charge in [0.2, 0.25) is 0 Å². The monoisotopic (exact) mass is 765 g/mol. The molecule has 3 heterocycles. The molecule has 3 aromatic heterocycles. The number of fused-ring (bicyclic) bond motifs is 7. The Bertz CT molecular complexity index is 3580. The van der Waals surface area contributed by atoms with Gasteiger partial charge in [-0.05, 0) is 94.7 Å². The maximum absolute atomic E-state index is 5.31. The van der Waals surface area contributed by atoms with E-state index in [0.29, 0.717) is 17.5 Å². The largest absolute Gasteiger partial charge is 0.309 e. The van der Waals surface area contributed by atoms with Gasteiger partial charge in [-0.1, -0.05) is 140 Å². The average molecular weight is 766 g/mol. The van der Waals surface area contributed by atoms with Gasteiger partial charge in [-0.25, -0.2) is 15.0 Å². The minimum absolute atomic E-state index is 0.615. The summed E-state index contributed by atoms with van der Waals surface area (Å²) in [5.74, 6) is 1.86. The number of benzene rings is 9. The van der Waals surface area contributed by atoms with Gasteiger partial charge in [-0.2, -0.15) is 0 Å². The third-order valence-corrected chi connectivity index (χ3v) is 11.7. The number of hydrogen-bond acceptors (Lipinski definition) is 3. The topological polar surface area (TPSA) is 48.5 Å². The molecule has 0 saturated carbocycles. The molecular weight excluding hydrogens is 731 g/mol. The first kappa shape index (κ1) is 33.9. The summed E-state index contributed by atoms with van der Waals surface area (Å²) < 4.78 is 4.69. The zero-order chi connectivity index (χ0) is 39.6. The van der Waals surface area contributed by atoms with Crippen LogP contribution in [-0.2, 0) is 0 Å². The Morgan fingerprint density at radius 3 is 1.60 bits per heavy atom. The van der Waals surface area contributed by atoms with Crippen molar-refractivity contribution in [2.24, 2.45) is 0 Å². The lowest BCUT2D eigenvalue weighted by Gasteiger charge is -2.12. The Labute approximate surface area is 346 Å². The van der Waals surface area contributed by atoms with E-state index in [1.807, 2.05) is 6.07 Å². The van der Waals surface area contributed by atoms with E-state index in [0.717, 1.165) is 61.0 Å². The Morgan fingerprint density at radius 1 is 0.283 bits per heavy atom. The highest BCUT2D eigenvalue weighted by molar-refractivity contribution is 6.16. The Balaban J connectivity index is 1.06. The van der Waals surface area contributed by atoms with Gasteiger partial charge in [0.15, 0.2) is 17.5 Å². The molecule has 5 heteroatoms. The molecule has 9 aromatic carbocycles. The summed E-state index contributed by atoms with van der Waals surface area (Å²) in [5.41, 5.74) is 11.8. The van der Waals surface area contributed by atoms with Gasteiger partial charge in [0.1, 0.15) is 0 Å². The van der Waals surface area contributed by atoms with Crippen LogP contribution in [0.4, 0.5) is 0 Å². The van der Waals surface area contributed by atoms with Crippen LogP contribution in [0.5, 0.6) is 0 Å². The molecule has 280 valence electrons. The van der Waals surface area contributed by atoms with E-state index in [9.17, 15) is 0 Å². The standard InChI is InChI=1S/C55H35N5/c1-3-15-36(16-4-1)38-19-13-20-41(33-38)54-56-53(57-55(58-54)46-25-14-28-50-52(46)45-24-10-12-27-49(45)59(50)42-21-5-2-6-22-42)37-29-31-43(32-30-37)60-48-26-11-9-23-44(48)47-34-39-17-7-8-18-40(39)35-51(47)60/h1-35H. The molecule has 0 aliphatic rings. The molecule has 0 fully saturated rings. The first-order valence-corrected chi connectivity index (χ1v) is 20.3. The highest BCUT2D eigenvalue weighted by Gasteiger charge is 2.20. The third kappa shape index (κ3) is 5.52. The maximum Gasteiger partial charge on any atom is 0.164 e. The zero-order valence-corrected chi connectivity index (χ0v) is 32.4. The lowest BCUT2D eigenvalue weighted by molar-refractivity contribution is 1.07. The molecule has 0 aliphatic heterocycles. The van der Waals surface area contributed by atoms with Crippen LogP contribution in [0.15, 0.2) is 212 Å². The van der Waals surface area contributed by atoms with Crippen LogP contribution in [-0.4, -0.2) is 24.1 Å². The van der Waals surface area contributed by atoms with Crippen molar-refractivity contribution in [3.8, 4) is 56.7 Å². The molecule has 5 nitrogen and oxygen atoms in total. The molecule has 0 aliphatic carbocycles. The van der Waals surface area contributed by atoms with E-state index in [2.05, 4.69) is 215 Å². The minimum atomic E-state index is 0.615. The van der Waals surface area contributed by atoms with Crippen LogP contribution >= 0.6 is 0 Å². The summed E-state index contributed by atoms with van der Waals surface area (Å²) in [6.07, 6.45) is 0. The summed E-state index contributed by atoms with van der Waals surface area (Å²) >= 11 is 0. The van der Waals surface area contributed by atoms with Crippen molar-refractivity contribution in [1.29, 1.82) is 0 Å². The number of aromatic nitrogens is 5. The van der Waals surface area contributed by atoms with Crippen LogP contribution in [0, 0.1) is 0 Å². The highest BCUT2D eigenvalue weighted by atomic mass is 15.0. The van der Waals surface area contributed by atoms with Crippen molar-refractivity contribution in [3.63, 3.8) is 0 Å². The second kappa shape index (κ2) is 13.8. The Morgan fingerprint density at radius 2 is 0.817 bits per heavy atom. The van der Waals surface area contributed by atoms with Gasteiger partial charge in [0.25, 0.3) is 0 Å². The van der Waals surface area contributed by atoms with Crippen molar-refractivity contribution in [3.05, 3.63) is 212 Å². The Kier molecular flexibility index (Phi) is 7.78. The normalized spacial score (nSPS) is 11.7. The van der Waals surface area contributed by atoms with E-state index in [1.54, 1.807) is 0 Å². The Hall–Kier alpha value is -8.15. The first-order valence-electron chi connectivity index (χ1n) is 20.3. The minimum Gasteiger partial charge on any atom is -0.309 e. The van der Waals surface area contributed by atoms with Crippen molar-refractivity contribution >= 4 is 54.4 Å². The van der Waals surface area contributed by atoms with Crippen LogP contribution in [0.1, 0.15) is 0 Å². The predicted octanol–water partition coefficient (Wildman–Crippen LogP) is 13.9. The zero-order valence-electron chi connectivity index (χ0n) is 32.4.